The molecule has 6 heteroatoms. The lowest BCUT2D eigenvalue weighted by Gasteiger charge is -2.31. The number of benzene rings is 5. The van der Waals surface area contributed by atoms with Crippen LogP contribution in [0.1, 0.15) is 0 Å². The molecule has 0 bridgehead atoms. The molecule has 0 atom stereocenters. The van der Waals surface area contributed by atoms with Crippen LogP contribution in [0.25, 0.3) is 54.7 Å². The summed E-state index contributed by atoms with van der Waals surface area (Å²) in [5, 5.41) is 2.23. The normalized spacial score (nSPS) is 12.8. The van der Waals surface area contributed by atoms with Crippen LogP contribution in [0.5, 0.6) is 5.75 Å². The second-order valence-corrected chi connectivity index (χ2v) is 10.7. The highest BCUT2D eigenvalue weighted by atomic mass is 16.5. The van der Waals surface area contributed by atoms with Gasteiger partial charge in [-0.1, -0.05) is 66.7 Å². The monoisotopic (exact) mass is 536 g/mol. The van der Waals surface area contributed by atoms with Gasteiger partial charge in [0.05, 0.1) is 17.8 Å². The van der Waals surface area contributed by atoms with Crippen LogP contribution in [0, 0.1) is 6.57 Å². The first kappa shape index (κ1) is 23.0. The standard InChI is InChI=1S/C36H21BN4O/c1-38-25-19-24(20-26(22-25)40-32-14-6-3-11-29(32)30-12-8-18-39-36(30)40)23-16-17-34-35(21-23)42-37-31-13-5-2-9-27(31)28-10-4-7-15-33(28)41(34)37/h2-22H. The minimum absolute atomic E-state index is 0.227. The van der Waals surface area contributed by atoms with Crippen LogP contribution in [0.2, 0.25) is 0 Å². The molecule has 0 aliphatic carbocycles. The lowest BCUT2D eigenvalue weighted by molar-refractivity contribution is 0.603. The van der Waals surface area contributed by atoms with Crippen molar-refractivity contribution in [3.63, 3.8) is 0 Å². The molecule has 0 spiro atoms. The van der Waals surface area contributed by atoms with E-state index in [1.54, 1.807) is 0 Å². The van der Waals surface area contributed by atoms with Gasteiger partial charge in [-0.05, 0) is 76.8 Å². The van der Waals surface area contributed by atoms with Crippen molar-refractivity contribution in [2.24, 2.45) is 0 Å². The van der Waals surface area contributed by atoms with Crippen LogP contribution in [-0.4, -0.2) is 16.6 Å². The summed E-state index contributed by atoms with van der Waals surface area (Å²) in [5.74, 6) is 0.831. The number of rotatable bonds is 2. The van der Waals surface area contributed by atoms with Crippen molar-refractivity contribution in [1.29, 1.82) is 0 Å². The Morgan fingerprint density at radius 3 is 2.43 bits per heavy atom. The minimum atomic E-state index is -0.227. The number of hydrogen-bond acceptors (Lipinski definition) is 3. The van der Waals surface area contributed by atoms with Crippen molar-refractivity contribution in [3.05, 3.63) is 139 Å². The van der Waals surface area contributed by atoms with Gasteiger partial charge >= 0.3 is 7.05 Å². The zero-order valence-electron chi connectivity index (χ0n) is 22.4. The zero-order valence-corrected chi connectivity index (χ0v) is 22.4. The maximum atomic E-state index is 7.89. The fourth-order valence-corrected chi connectivity index (χ4v) is 6.63. The third kappa shape index (κ3) is 3.16. The van der Waals surface area contributed by atoms with Crippen LogP contribution in [0.15, 0.2) is 128 Å². The van der Waals surface area contributed by atoms with Crippen molar-refractivity contribution in [2.45, 2.75) is 0 Å². The van der Waals surface area contributed by atoms with E-state index < -0.39 is 0 Å². The molecule has 7 aromatic rings. The first-order valence-electron chi connectivity index (χ1n) is 13.9. The highest BCUT2D eigenvalue weighted by molar-refractivity contribution is 6.77. The van der Waals surface area contributed by atoms with Gasteiger partial charge in [-0.3, -0.25) is 4.57 Å². The van der Waals surface area contributed by atoms with Crippen molar-refractivity contribution in [2.75, 3.05) is 4.81 Å². The second-order valence-electron chi connectivity index (χ2n) is 10.7. The average molecular weight is 536 g/mol. The van der Waals surface area contributed by atoms with E-state index in [2.05, 4.69) is 111 Å². The number of fused-ring (bicyclic) bond motifs is 11. The van der Waals surface area contributed by atoms with Crippen LogP contribution < -0.4 is 14.9 Å². The van der Waals surface area contributed by atoms with E-state index >= 15 is 0 Å². The maximum Gasteiger partial charge on any atom is 0.524 e. The Bertz CT molecular complexity index is 2230. The summed E-state index contributed by atoms with van der Waals surface area (Å²) in [4.78, 5) is 10.9. The maximum absolute atomic E-state index is 7.89. The molecule has 0 N–H and O–H groups in total. The quantitative estimate of drug-likeness (QED) is 0.165. The lowest BCUT2D eigenvalue weighted by Crippen LogP contribution is -2.50. The highest BCUT2D eigenvalue weighted by Gasteiger charge is 2.44. The molecule has 0 radical (unpaired) electrons. The van der Waals surface area contributed by atoms with Gasteiger partial charge < -0.3 is 9.47 Å². The van der Waals surface area contributed by atoms with Gasteiger partial charge in [0.25, 0.3) is 0 Å². The number of aromatic nitrogens is 2. The van der Waals surface area contributed by atoms with E-state index in [4.69, 9.17) is 16.2 Å². The molecular formula is C36H21BN4O. The first-order valence-corrected chi connectivity index (χ1v) is 13.9. The van der Waals surface area contributed by atoms with E-state index in [1.807, 2.05) is 30.5 Å². The van der Waals surface area contributed by atoms with Crippen LogP contribution >= 0.6 is 0 Å². The lowest BCUT2D eigenvalue weighted by atomic mass is 9.65. The molecule has 2 aromatic heterocycles. The smallest absolute Gasteiger partial charge is 0.524 e. The SMILES string of the molecule is [C-]#[N+]c1cc(-c2ccc3c(c2)OB2c4ccccc4-c4ccccc4N23)cc(-n2c3ccccc3c3cccnc32)c1. The molecule has 9 rings (SSSR count). The van der Waals surface area contributed by atoms with Gasteiger partial charge in [0, 0.05) is 33.9 Å². The summed E-state index contributed by atoms with van der Waals surface area (Å²) in [5.41, 5.74) is 11.1. The van der Waals surface area contributed by atoms with Crippen LogP contribution in [-0.2, 0) is 0 Å². The molecule has 0 unspecified atom stereocenters. The molecular weight excluding hydrogens is 515 g/mol. The average Bonchev–Trinajstić information content (AvgIpc) is 3.61. The van der Waals surface area contributed by atoms with Crippen molar-refractivity contribution in [1.82, 2.24) is 9.55 Å². The van der Waals surface area contributed by atoms with Gasteiger partial charge in [-0.2, -0.15) is 0 Å². The van der Waals surface area contributed by atoms with E-state index in [0.717, 1.165) is 61.3 Å². The molecule has 194 valence electrons. The number of pyridine rings is 1. The molecule has 2 aliphatic rings. The van der Waals surface area contributed by atoms with Crippen molar-refractivity contribution in [3.8, 4) is 33.7 Å². The number of para-hydroxylation sites is 2. The van der Waals surface area contributed by atoms with Gasteiger partial charge in [0.2, 0.25) is 0 Å². The molecule has 5 aromatic carbocycles. The summed E-state index contributed by atoms with van der Waals surface area (Å²) in [6.45, 7) is 7.89. The van der Waals surface area contributed by atoms with E-state index in [1.165, 1.54) is 11.1 Å². The van der Waals surface area contributed by atoms with Crippen molar-refractivity contribution >= 4 is 51.5 Å². The van der Waals surface area contributed by atoms with E-state index in [-0.39, 0.29) is 7.05 Å². The Labute approximate surface area is 242 Å². The van der Waals surface area contributed by atoms with Gasteiger partial charge in [0.15, 0.2) is 5.69 Å². The summed E-state index contributed by atoms with van der Waals surface area (Å²) >= 11 is 0. The van der Waals surface area contributed by atoms with Gasteiger partial charge in [-0.15, -0.1) is 0 Å². The summed E-state index contributed by atoms with van der Waals surface area (Å²) in [6, 6.07) is 41.8. The Hall–Kier alpha value is -5.80. The summed E-state index contributed by atoms with van der Waals surface area (Å²) in [6.07, 6.45) is 1.82. The second kappa shape index (κ2) is 8.60. The highest BCUT2D eigenvalue weighted by Crippen LogP contribution is 2.48. The number of anilines is 2. The fourth-order valence-electron chi connectivity index (χ4n) is 6.63. The minimum Gasteiger partial charge on any atom is -0.536 e. The first-order chi connectivity index (χ1) is 20.8. The number of hydrogen-bond donors (Lipinski definition) is 0. The predicted molar refractivity (Wildman–Crippen MR) is 170 cm³/mol. The van der Waals surface area contributed by atoms with Crippen LogP contribution in [0.4, 0.5) is 17.1 Å². The van der Waals surface area contributed by atoms with E-state index in [0.29, 0.717) is 5.69 Å². The Balaban J connectivity index is 1.21. The molecule has 0 amide bonds. The van der Waals surface area contributed by atoms with Crippen molar-refractivity contribution < 1.29 is 4.65 Å². The zero-order chi connectivity index (χ0) is 27.8. The molecule has 4 heterocycles. The van der Waals surface area contributed by atoms with Gasteiger partial charge in [-0.25, -0.2) is 9.83 Å². The summed E-state index contributed by atoms with van der Waals surface area (Å²) < 4.78 is 8.83. The van der Waals surface area contributed by atoms with Gasteiger partial charge in [0.1, 0.15) is 11.4 Å². The Morgan fingerprint density at radius 1 is 0.690 bits per heavy atom. The molecule has 5 nitrogen and oxygen atoms in total. The number of nitrogens with zero attached hydrogens (tertiary/aromatic N) is 4. The molecule has 0 saturated carbocycles. The third-order valence-corrected chi connectivity index (χ3v) is 8.43. The third-order valence-electron chi connectivity index (χ3n) is 8.43. The topological polar surface area (TPSA) is 34.6 Å². The fraction of sp³-hybridized carbons (Fsp3) is 0. The Morgan fingerprint density at radius 2 is 1.50 bits per heavy atom. The molecule has 0 fully saturated rings. The largest absolute Gasteiger partial charge is 0.536 e. The van der Waals surface area contributed by atoms with Crippen LogP contribution in [0.3, 0.4) is 0 Å². The Kier molecular flexibility index (Phi) is 4.70. The molecule has 0 saturated heterocycles. The predicted octanol–water partition coefficient (Wildman–Crippen LogP) is 8.30. The summed E-state index contributed by atoms with van der Waals surface area (Å²) in [7, 11) is -0.227. The van der Waals surface area contributed by atoms with E-state index in [9.17, 15) is 0 Å². The molecule has 42 heavy (non-hydrogen) atoms. The molecule has 2 aliphatic heterocycles.